The summed E-state index contributed by atoms with van der Waals surface area (Å²) in [5.41, 5.74) is 6.20. The van der Waals surface area contributed by atoms with Gasteiger partial charge in [-0.05, 0) is 38.0 Å². The molecular formula is C15H25N3O. The first-order valence-corrected chi connectivity index (χ1v) is 7.66. The Morgan fingerprint density at radius 1 is 1.32 bits per heavy atom. The molecule has 2 aliphatic rings. The van der Waals surface area contributed by atoms with Crippen LogP contribution in [0.25, 0.3) is 0 Å². The van der Waals surface area contributed by atoms with Crippen LogP contribution in [-0.2, 0) is 4.79 Å². The van der Waals surface area contributed by atoms with E-state index in [1.807, 2.05) is 0 Å². The van der Waals surface area contributed by atoms with Crippen molar-refractivity contribution in [3.8, 4) is 6.07 Å². The number of hydrogen-bond donors (Lipinski definition) is 1. The van der Waals surface area contributed by atoms with Gasteiger partial charge >= 0.3 is 0 Å². The Morgan fingerprint density at radius 2 is 2.00 bits per heavy atom. The molecule has 1 aliphatic heterocycles. The molecule has 2 rings (SSSR count). The SMILES string of the molecule is CC[C@H]1CC[C@@H](C#N)N1C(=O)[C@@H](N)C1CCCCC1. The van der Waals surface area contributed by atoms with Crippen LogP contribution in [0, 0.1) is 17.2 Å². The maximum absolute atomic E-state index is 12.6. The van der Waals surface area contributed by atoms with Gasteiger partial charge < -0.3 is 10.6 Å². The number of nitrogens with two attached hydrogens (primary N) is 1. The van der Waals surface area contributed by atoms with Crippen molar-refractivity contribution in [3.05, 3.63) is 0 Å². The average Bonchev–Trinajstić information content (AvgIpc) is 2.89. The Kier molecular flexibility index (Phi) is 4.81. The molecule has 0 bridgehead atoms. The highest BCUT2D eigenvalue weighted by Crippen LogP contribution is 2.31. The van der Waals surface area contributed by atoms with Crippen LogP contribution in [0.2, 0.25) is 0 Å². The fourth-order valence-electron chi connectivity index (χ4n) is 3.61. The monoisotopic (exact) mass is 263 g/mol. The minimum absolute atomic E-state index is 0.0165. The lowest BCUT2D eigenvalue weighted by atomic mass is 9.83. The standard InChI is InChI=1S/C15H25N3O/c1-2-12-8-9-13(10-16)18(12)15(19)14(17)11-6-4-3-5-7-11/h11-14H,2-9,17H2,1H3/t12-,13-,14-/m0/s1. The molecule has 1 heterocycles. The summed E-state index contributed by atoms with van der Waals surface area (Å²) in [6.07, 6.45) is 8.43. The minimum Gasteiger partial charge on any atom is -0.322 e. The van der Waals surface area contributed by atoms with Crippen LogP contribution in [0.4, 0.5) is 0 Å². The maximum atomic E-state index is 12.6. The van der Waals surface area contributed by atoms with Crippen molar-refractivity contribution < 1.29 is 4.79 Å². The molecule has 19 heavy (non-hydrogen) atoms. The number of amides is 1. The fourth-order valence-corrected chi connectivity index (χ4v) is 3.61. The van der Waals surface area contributed by atoms with Crippen molar-refractivity contribution in [2.24, 2.45) is 11.7 Å². The van der Waals surface area contributed by atoms with E-state index in [4.69, 9.17) is 5.73 Å². The van der Waals surface area contributed by atoms with Gasteiger partial charge in [0, 0.05) is 6.04 Å². The van der Waals surface area contributed by atoms with Gasteiger partial charge in [0.2, 0.25) is 5.91 Å². The molecule has 3 atom stereocenters. The summed E-state index contributed by atoms with van der Waals surface area (Å²) in [5, 5.41) is 9.21. The predicted octanol–water partition coefficient (Wildman–Crippen LogP) is 2.19. The van der Waals surface area contributed by atoms with E-state index in [0.717, 1.165) is 32.1 Å². The highest BCUT2D eigenvalue weighted by molar-refractivity contribution is 5.83. The summed E-state index contributed by atoms with van der Waals surface area (Å²) in [6, 6.07) is 1.82. The molecular weight excluding hydrogens is 238 g/mol. The number of carbonyl (C=O) groups excluding carboxylic acids is 1. The first-order valence-electron chi connectivity index (χ1n) is 7.66. The lowest BCUT2D eigenvalue weighted by molar-refractivity contribution is -0.136. The van der Waals surface area contributed by atoms with Crippen molar-refractivity contribution in [2.45, 2.75) is 76.4 Å². The molecule has 4 heteroatoms. The quantitative estimate of drug-likeness (QED) is 0.848. The van der Waals surface area contributed by atoms with Gasteiger partial charge in [-0.1, -0.05) is 26.2 Å². The van der Waals surface area contributed by atoms with Crippen LogP contribution in [0.3, 0.4) is 0 Å². The second-order valence-corrected chi connectivity index (χ2v) is 5.95. The van der Waals surface area contributed by atoms with Crippen molar-refractivity contribution in [1.82, 2.24) is 4.90 Å². The number of nitrogens with zero attached hydrogens (tertiary/aromatic N) is 2. The molecule has 4 nitrogen and oxygen atoms in total. The smallest absolute Gasteiger partial charge is 0.241 e. The van der Waals surface area contributed by atoms with Gasteiger partial charge in [-0.15, -0.1) is 0 Å². The number of nitriles is 1. The Hall–Kier alpha value is -1.08. The molecule has 2 N–H and O–H groups in total. The third kappa shape index (κ3) is 2.92. The van der Waals surface area contributed by atoms with Gasteiger partial charge in [0.25, 0.3) is 0 Å². The minimum atomic E-state index is -0.400. The molecule has 106 valence electrons. The molecule has 0 aromatic carbocycles. The van der Waals surface area contributed by atoms with Crippen molar-refractivity contribution in [3.63, 3.8) is 0 Å². The zero-order chi connectivity index (χ0) is 13.8. The molecule has 2 fully saturated rings. The van der Waals surface area contributed by atoms with Gasteiger partial charge in [0.1, 0.15) is 6.04 Å². The molecule has 0 spiro atoms. The highest BCUT2D eigenvalue weighted by atomic mass is 16.2. The number of hydrogen-bond acceptors (Lipinski definition) is 3. The molecule has 0 aromatic heterocycles. The molecule has 1 saturated heterocycles. The van der Waals surface area contributed by atoms with E-state index < -0.39 is 6.04 Å². The van der Waals surface area contributed by atoms with Crippen LogP contribution in [0.15, 0.2) is 0 Å². The molecule has 0 unspecified atom stereocenters. The Labute approximate surface area is 115 Å². The molecule has 0 aromatic rings. The van der Waals surface area contributed by atoms with Gasteiger partial charge in [-0.25, -0.2) is 0 Å². The normalized spacial score (nSPS) is 30.1. The Bertz CT molecular complexity index is 357. The van der Waals surface area contributed by atoms with E-state index in [1.165, 1.54) is 19.3 Å². The van der Waals surface area contributed by atoms with Crippen LogP contribution < -0.4 is 5.73 Å². The number of carbonyl (C=O) groups is 1. The summed E-state index contributed by atoms with van der Waals surface area (Å²) in [4.78, 5) is 14.4. The third-order valence-corrected chi connectivity index (χ3v) is 4.82. The average molecular weight is 263 g/mol. The van der Waals surface area contributed by atoms with Gasteiger partial charge in [0.05, 0.1) is 12.1 Å². The fraction of sp³-hybridized carbons (Fsp3) is 0.867. The van der Waals surface area contributed by atoms with Crippen LogP contribution in [-0.4, -0.2) is 28.9 Å². The third-order valence-electron chi connectivity index (χ3n) is 4.82. The highest BCUT2D eigenvalue weighted by Gasteiger charge is 2.39. The number of rotatable bonds is 3. The second kappa shape index (κ2) is 6.38. The second-order valence-electron chi connectivity index (χ2n) is 5.95. The van der Waals surface area contributed by atoms with Crippen LogP contribution in [0.1, 0.15) is 58.3 Å². The summed E-state index contributed by atoms with van der Waals surface area (Å²) < 4.78 is 0. The lowest BCUT2D eigenvalue weighted by Gasteiger charge is -2.33. The van der Waals surface area contributed by atoms with E-state index in [1.54, 1.807) is 4.90 Å². The summed E-state index contributed by atoms with van der Waals surface area (Å²) in [5.74, 6) is 0.335. The summed E-state index contributed by atoms with van der Waals surface area (Å²) >= 11 is 0. The number of likely N-dealkylation sites (tertiary alicyclic amines) is 1. The van der Waals surface area contributed by atoms with Crippen LogP contribution in [0.5, 0.6) is 0 Å². The van der Waals surface area contributed by atoms with Crippen LogP contribution >= 0.6 is 0 Å². The topological polar surface area (TPSA) is 70.1 Å². The Morgan fingerprint density at radius 3 is 2.58 bits per heavy atom. The van der Waals surface area contributed by atoms with E-state index in [9.17, 15) is 10.1 Å². The van der Waals surface area contributed by atoms with Crippen molar-refractivity contribution >= 4 is 5.91 Å². The van der Waals surface area contributed by atoms with E-state index >= 15 is 0 Å². The summed E-state index contributed by atoms with van der Waals surface area (Å²) in [6.45, 7) is 2.08. The van der Waals surface area contributed by atoms with Crippen molar-refractivity contribution in [1.29, 1.82) is 5.26 Å². The molecule has 1 saturated carbocycles. The molecule has 1 amide bonds. The van der Waals surface area contributed by atoms with E-state index in [0.29, 0.717) is 5.92 Å². The van der Waals surface area contributed by atoms with Gasteiger partial charge in [-0.3, -0.25) is 4.79 Å². The van der Waals surface area contributed by atoms with E-state index in [-0.39, 0.29) is 18.0 Å². The predicted molar refractivity (Wildman–Crippen MR) is 74.1 cm³/mol. The molecule has 0 radical (unpaired) electrons. The lowest BCUT2D eigenvalue weighted by Crippen LogP contribution is -2.52. The maximum Gasteiger partial charge on any atom is 0.241 e. The zero-order valence-corrected chi connectivity index (χ0v) is 11.8. The van der Waals surface area contributed by atoms with Gasteiger partial charge in [-0.2, -0.15) is 5.26 Å². The first kappa shape index (κ1) is 14.3. The van der Waals surface area contributed by atoms with Gasteiger partial charge in [0.15, 0.2) is 0 Å². The van der Waals surface area contributed by atoms with Crippen molar-refractivity contribution in [2.75, 3.05) is 0 Å². The largest absolute Gasteiger partial charge is 0.322 e. The molecule has 1 aliphatic carbocycles. The van der Waals surface area contributed by atoms with E-state index in [2.05, 4.69) is 13.0 Å². The first-order chi connectivity index (χ1) is 9.19. The zero-order valence-electron chi connectivity index (χ0n) is 11.8. The summed E-state index contributed by atoms with van der Waals surface area (Å²) in [7, 11) is 0. The Balaban J connectivity index is 2.05.